The Morgan fingerprint density at radius 2 is 1.43 bits per heavy atom. The van der Waals surface area contributed by atoms with Crippen molar-refractivity contribution in [3.8, 4) is 0 Å². The summed E-state index contributed by atoms with van der Waals surface area (Å²) in [6.45, 7) is 7.29. The summed E-state index contributed by atoms with van der Waals surface area (Å²) in [4.78, 5) is 0. The van der Waals surface area contributed by atoms with Gasteiger partial charge < -0.3 is 5.73 Å². The van der Waals surface area contributed by atoms with E-state index in [-0.39, 0.29) is 5.54 Å². The normalized spacial score (nSPS) is 30.0. The maximum Gasteiger partial charge on any atom is 0.0212 e. The van der Waals surface area contributed by atoms with Gasteiger partial charge in [-0.1, -0.05) is 40.0 Å². The summed E-state index contributed by atoms with van der Waals surface area (Å²) >= 11 is 0. The molecule has 1 heteroatoms. The molecule has 2 aliphatic rings. The maximum atomic E-state index is 6.44. The number of hydrogen-bond donors (Lipinski definition) is 1. The number of rotatable bonds is 2. The smallest absolute Gasteiger partial charge is 0.0212 e. The molecule has 0 heterocycles. The lowest BCUT2D eigenvalue weighted by Gasteiger charge is -2.51. The zero-order valence-corrected chi connectivity index (χ0v) is 10.0. The Balaban J connectivity index is 2.18. The van der Waals surface area contributed by atoms with Crippen LogP contribution in [0.4, 0.5) is 0 Å². The van der Waals surface area contributed by atoms with Gasteiger partial charge in [0.1, 0.15) is 0 Å². The standard InChI is InChI=1S/C13H25N/c1-11(2,13(14)9-10-13)12(3)7-5-4-6-8-12/h4-10,14H2,1-3H3. The minimum absolute atomic E-state index is 0.166. The van der Waals surface area contributed by atoms with Crippen molar-refractivity contribution in [1.29, 1.82) is 0 Å². The Morgan fingerprint density at radius 3 is 1.86 bits per heavy atom. The van der Waals surface area contributed by atoms with Gasteiger partial charge in [-0.2, -0.15) is 0 Å². The van der Waals surface area contributed by atoms with Crippen molar-refractivity contribution in [2.75, 3.05) is 0 Å². The van der Waals surface area contributed by atoms with Gasteiger partial charge in [-0.25, -0.2) is 0 Å². The summed E-state index contributed by atoms with van der Waals surface area (Å²) in [6, 6.07) is 0. The molecule has 0 spiro atoms. The molecule has 0 saturated heterocycles. The molecule has 2 aliphatic carbocycles. The number of hydrogen-bond acceptors (Lipinski definition) is 1. The van der Waals surface area contributed by atoms with Crippen LogP contribution in [-0.2, 0) is 0 Å². The summed E-state index contributed by atoms with van der Waals surface area (Å²) in [5.41, 5.74) is 7.44. The Bertz CT molecular complexity index is 219. The van der Waals surface area contributed by atoms with E-state index in [9.17, 15) is 0 Å². The highest BCUT2D eigenvalue weighted by Crippen LogP contribution is 2.60. The van der Waals surface area contributed by atoms with Gasteiger partial charge in [0.05, 0.1) is 0 Å². The predicted molar refractivity (Wildman–Crippen MR) is 61.1 cm³/mol. The van der Waals surface area contributed by atoms with Crippen LogP contribution in [0.15, 0.2) is 0 Å². The second-order valence-electron chi connectivity index (χ2n) is 6.40. The molecule has 82 valence electrons. The van der Waals surface area contributed by atoms with Gasteiger partial charge in [-0.15, -0.1) is 0 Å². The SMILES string of the molecule is CC1(C(C)(C)C2(N)CC2)CCCCC1. The highest BCUT2D eigenvalue weighted by molar-refractivity contribution is 5.14. The zero-order chi connectivity index (χ0) is 10.4. The molecular weight excluding hydrogens is 170 g/mol. The van der Waals surface area contributed by atoms with E-state index in [2.05, 4.69) is 20.8 Å². The molecule has 2 saturated carbocycles. The van der Waals surface area contributed by atoms with Crippen molar-refractivity contribution >= 4 is 0 Å². The molecule has 2 rings (SSSR count). The highest BCUT2D eigenvalue weighted by atomic mass is 14.9. The van der Waals surface area contributed by atoms with Crippen molar-refractivity contribution in [2.24, 2.45) is 16.6 Å². The van der Waals surface area contributed by atoms with E-state index in [1.54, 1.807) is 0 Å². The molecule has 14 heavy (non-hydrogen) atoms. The molecular formula is C13H25N. The van der Waals surface area contributed by atoms with Crippen LogP contribution in [0.2, 0.25) is 0 Å². The average molecular weight is 195 g/mol. The molecule has 0 unspecified atom stereocenters. The molecule has 0 aromatic heterocycles. The molecule has 0 aromatic rings. The lowest BCUT2D eigenvalue weighted by atomic mass is 9.56. The van der Waals surface area contributed by atoms with Gasteiger partial charge in [0.15, 0.2) is 0 Å². The van der Waals surface area contributed by atoms with E-state index in [0.717, 1.165) is 0 Å². The third-order valence-corrected chi connectivity index (χ3v) is 5.50. The van der Waals surface area contributed by atoms with E-state index in [4.69, 9.17) is 5.73 Å². The van der Waals surface area contributed by atoms with Crippen LogP contribution in [-0.4, -0.2) is 5.54 Å². The van der Waals surface area contributed by atoms with Crippen molar-refractivity contribution in [1.82, 2.24) is 0 Å². The quantitative estimate of drug-likeness (QED) is 0.717. The van der Waals surface area contributed by atoms with Crippen LogP contribution in [0.1, 0.15) is 65.7 Å². The largest absolute Gasteiger partial charge is 0.325 e. The summed E-state index contributed by atoms with van der Waals surface area (Å²) < 4.78 is 0. The van der Waals surface area contributed by atoms with Crippen LogP contribution in [0.3, 0.4) is 0 Å². The fraction of sp³-hybridized carbons (Fsp3) is 1.00. The van der Waals surface area contributed by atoms with Gasteiger partial charge in [0, 0.05) is 5.54 Å². The Kier molecular flexibility index (Phi) is 2.23. The average Bonchev–Trinajstić information content (AvgIpc) is 2.86. The first-order chi connectivity index (χ1) is 6.41. The van der Waals surface area contributed by atoms with Crippen LogP contribution in [0, 0.1) is 10.8 Å². The van der Waals surface area contributed by atoms with Gasteiger partial charge in [-0.3, -0.25) is 0 Å². The van der Waals surface area contributed by atoms with E-state index in [1.165, 1.54) is 44.9 Å². The van der Waals surface area contributed by atoms with Gasteiger partial charge in [0.25, 0.3) is 0 Å². The third kappa shape index (κ3) is 1.32. The first-order valence-electron chi connectivity index (χ1n) is 6.20. The van der Waals surface area contributed by atoms with Crippen LogP contribution >= 0.6 is 0 Å². The molecule has 2 N–H and O–H groups in total. The second kappa shape index (κ2) is 2.98. The lowest BCUT2D eigenvalue weighted by molar-refractivity contribution is 0.0123. The molecule has 0 aromatic carbocycles. The van der Waals surface area contributed by atoms with Gasteiger partial charge in [-0.05, 0) is 36.5 Å². The fourth-order valence-electron chi connectivity index (χ4n) is 3.32. The van der Waals surface area contributed by atoms with E-state index in [1.807, 2.05) is 0 Å². The summed E-state index contributed by atoms with van der Waals surface area (Å²) in [7, 11) is 0. The van der Waals surface area contributed by atoms with Gasteiger partial charge >= 0.3 is 0 Å². The van der Waals surface area contributed by atoms with E-state index in [0.29, 0.717) is 10.8 Å². The summed E-state index contributed by atoms with van der Waals surface area (Å²) in [5, 5.41) is 0. The Morgan fingerprint density at radius 1 is 0.929 bits per heavy atom. The summed E-state index contributed by atoms with van der Waals surface area (Å²) in [6.07, 6.45) is 9.53. The van der Waals surface area contributed by atoms with Crippen LogP contribution in [0.5, 0.6) is 0 Å². The van der Waals surface area contributed by atoms with Gasteiger partial charge in [0.2, 0.25) is 0 Å². The highest BCUT2D eigenvalue weighted by Gasteiger charge is 2.58. The lowest BCUT2D eigenvalue weighted by Crippen LogP contribution is -2.51. The van der Waals surface area contributed by atoms with Crippen molar-refractivity contribution in [2.45, 2.75) is 71.3 Å². The van der Waals surface area contributed by atoms with Crippen molar-refractivity contribution in [3.05, 3.63) is 0 Å². The summed E-state index contributed by atoms with van der Waals surface area (Å²) in [5.74, 6) is 0. The maximum absolute atomic E-state index is 6.44. The first kappa shape index (κ1) is 10.5. The molecule has 0 bridgehead atoms. The predicted octanol–water partition coefficient (Wildman–Crippen LogP) is 3.47. The molecule has 2 fully saturated rings. The van der Waals surface area contributed by atoms with Crippen LogP contribution in [0.25, 0.3) is 0 Å². The molecule has 0 radical (unpaired) electrons. The monoisotopic (exact) mass is 195 g/mol. The molecule has 0 aliphatic heterocycles. The van der Waals surface area contributed by atoms with Crippen molar-refractivity contribution in [3.63, 3.8) is 0 Å². The fourth-order valence-corrected chi connectivity index (χ4v) is 3.32. The Labute approximate surface area is 88.4 Å². The molecule has 0 amide bonds. The topological polar surface area (TPSA) is 26.0 Å². The first-order valence-corrected chi connectivity index (χ1v) is 6.20. The van der Waals surface area contributed by atoms with E-state index < -0.39 is 0 Å². The van der Waals surface area contributed by atoms with Crippen LogP contribution < -0.4 is 5.73 Å². The minimum Gasteiger partial charge on any atom is -0.325 e. The second-order valence-corrected chi connectivity index (χ2v) is 6.40. The zero-order valence-electron chi connectivity index (χ0n) is 10.0. The minimum atomic E-state index is 0.166. The van der Waals surface area contributed by atoms with E-state index >= 15 is 0 Å². The number of nitrogens with two attached hydrogens (primary N) is 1. The molecule has 0 atom stereocenters. The third-order valence-electron chi connectivity index (χ3n) is 5.50. The van der Waals surface area contributed by atoms with Crippen molar-refractivity contribution < 1.29 is 0 Å². The Hall–Kier alpha value is -0.0400. The molecule has 1 nitrogen and oxygen atoms in total.